The molecule has 0 radical (unpaired) electrons. The molecule has 7 nitrogen and oxygen atoms in total. The second kappa shape index (κ2) is 9.06. The fourth-order valence-electron chi connectivity index (χ4n) is 4.48. The number of guanidine groups is 1. The number of rotatable bonds is 6. The Morgan fingerprint density at radius 1 is 1.27 bits per heavy atom. The van der Waals surface area contributed by atoms with E-state index >= 15 is 0 Å². The summed E-state index contributed by atoms with van der Waals surface area (Å²) in [6, 6.07) is 8.58. The number of aromatic nitrogens is 2. The number of para-hydroxylation sites is 1. The molecule has 1 aliphatic heterocycles. The van der Waals surface area contributed by atoms with Crippen molar-refractivity contribution >= 4 is 5.96 Å². The number of ether oxygens (including phenoxy) is 1. The van der Waals surface area contributed by atoms with Crippen LogP contribution in [-0.4, -0.2) is 35.3 Å². The lowest BCUT2D eigenvalue weighted by Crippen LogP contribution is -2.46. The summed E-state index contributed by atoms with van der Waals surface area (Å²) < 4.78 is 11.8. The summed E-state index contributed by atoms with van der Waals surface area (Å²) in [5.41, 5.74) is 1.18. The molecule has 2 heterocycles. The molecule has 7 heteroatoms. The summed E-state index contributed by atoms with van der Waals surface area (Å²) >= 11 is 0. The van der Waals surface area contributed by atoms with Gasteiger partial charge in [0.2, 0.25) is 5.89 Å². The number of aryl methyl sites for hydroxylation is 1. The van der Waals surface area contributed by atoms with Gasteiger partial charge in [-0.05, 0) is 38.2 Å². The summed E-state index contributed by atoms with van der Waals surface area (Å²) in [5, 5.41) is 11.1. The van der Waals surface area contributed by atoms with Crippen molar-refractivity contribution < 1.29 is 9.26 Å². The van der Waals surface area contributed by atoms with Crippen molar-refractivity contribution in [2.24, 2.45) is 4.99 Å². The van der Waals surface area contributed by atoms with E-state index < -0.39 is 0 Å². The molecular weight excluding hydrogens is 378 g/mol. The predicted molar refractivity (Wildman–Crippen MR) is 117 cm³/mol. The van der Waals surface area contributed by atoms with Gasteiger partial charge in [0.05, 0.1) is 6.04 Å². The smallest absolute Gasteiger partial charge is 0.226 e. The van der Waals surface area contributed by atoms with Crippen molar-refractivity contribution in [2.75, 3.05) is 13.6 Å². The van der Waals surface area contributed by atoms with Gasteiger partial charge in [-0.2, -0.15) is 4.98 Å². The molecule has 1 aromatic heterocycles. The van der Waals surface area contributed by atoms with Crippen LogP contribution in [-0.2, 0) is 6.42 Å². The Balaban J connectivity index is 1.33. The van der Waals surface area contributed by atoms with E-state index in [2.05, 4.69) is 63.9 Å². The number of hydrogen-bond donors (Lipinski definition) is 2. The fourth-order valence-corrected chi connectivity index (χ4v) is 4.48. The van der Waals surface area contributed by atoms with Crippen molar-refractivity contribution in [2.45, 2.75) is 76.4 Å². The van der Waals surface area contributed by atoms with Crippen LogP contribution < -0.4 is 15.4 Å². The molecule has 2 N–H and O–H groups in total. The first kappa shape index (κ1) is 20.7. The van der Waals surface area contributed by atoms with Gasteiger partial charge in [0.1, 0.15) is 11.4 Å². The third-order valence-electron chi connectivity index (χ3n) is 6.11. The van der Waals surface area contributed by atoms with E-state index in [9.17, 15) is 0 Å². The Bertz CT molecular complexity index is 870. The van der Waals surface area contributed by atoms with Crippen LogP contribution in [0.25, 0.3) is 0 Å². The van der Waals surface area contributed by atoms with E-state index in [1.165, 1.54) is 18.4 Å². The van der Waals surface area contributed by atoms with E-state index in [4.69, 9.17) is 9.26 Å². The van der Waals surface area contributed by atoms with E-state index in [1.807, 2.05) is 7.05 Å². The van der Waals surface area contributed by atoms with Gasteiger partial charge in [0.15, 0.2) is 11.8 Å². The summed E-state index contributed by atoms with van der Waals surface area (Å²) in [6.45, 7) is 4.92. The lowest BCUT2D eigenvalue weighted by Gasteiger charge is -2.40. The molecule has 1 aliphatic carbocycles. The van der Waals surface area contributed by atoms with E-state index in [1.54, 1.807) is 0 Å². The molecule has 2 aliphatic rings. The van der Waals surface area contributed by atoms with Gasteiger partial charge < -0.3 is 19.9 Å². The number of fused-ring (bicyclic) bond motifs is 1. The fraction of sp³-hybridized carbons (Fsp3) is 0.609. The highest BCUT2D eigenvalue weighted by Crippen LogP contribution is 2.46. The highest BCUT2D eigenvalue weighted by molar-refractivity contribution is 5.80. The monoisotopic (exact) mass is 411 g/mol. The van der Waals surface area contributed by atoms with Crippen LogP contribution in [0.3, 0.4) is 0 Å². The van der Waals surface area contributed by atoms with Crippen molar-refractivity contribution in [3.8, 4) is 5.75 Å². The van der Waals surface area contributed by atoms with Gasteiger partial charge in [-0.25, -0.2) is 0 Å². The molecule has 1 aromatic carbocycles. The number of benzene rings is 1. The molecule has 2 aromatic rings. The first-order valence-electron chi connectivity index (χ1n) is 11.2. The minimum Gasteiger partial charge on any atom is -0.487 e. The quantitative estimate of drug-likeness (QED) is 0.422. The van der Waals surface area contributed by atoms with Gasteiger partial charge in [0.25, 0.3) is 0 Å². The molecule has 1 spiro atoms. The zero-order valence-electron chi connectivity index (χ0n) is 18.3. The van der Waals surface area contributed by atoms with Crippen LogP contribution in [0.4, 0.5) is 0 Å². The first-order chi connectivity index (χ1) is 14.6. The maximum Gasteiger partial charge on any atom is 0.226 e. The molecule has 1 fully saturated rings. The highest BCUT2D eigenvalue weighted by Gasteiger charge is 2.43. The average molecular weight is 412 g/mol. The molecular formula is C23H33N5O2. The molecule has 0 amide bonds. The average Bonchev–Trinajstić information content (AvgIpc) is 3.40. The van der Waals surface area contributed by atoms with Gasteiger partial charge in [-0.3, -0.25) is 4.99 Å². The number of hydrogen-bond acceptors (Lipinski definition) is 5. The normalized spacial score (nSPS) is 20.3. The Hall–Kier alpha value is -2.57. The standard InChI is InChI=1S/C23H33N5O2/c1-16(2)21-27-20(30-28-21)11-8-14-25-22(24-3)26-18-15-23(12-6-7-13-23)29-19-10-5-4-9-17(18)19/h4-5,9-10,16,18H,6-8,11-15H2,1-3H3,(H2,24,25,26). The van der Waals surface area contributed by atoms with Crippen LogP contribution in [0.1, 0.15) is 81.6 Å². The second-order valence-electron chi connectivity index (χ2n) is 8.73. The van der Waals surface area contributed by atoms with Crippen LogP contribution in [0.2, 0.25) is 0 Å². The minimum absolute atomic E-state index is 0.0308. The van der Waals surface area contributed by atoms with Crippen LogP contribution >= 0.6 is 0 Å². The van der Waals surface area contributed by atoms with Crippen LogP contribution in [0, 0.1) is 0 Å². The first-order valence-corrected chi connectivity index (χ1v) is 11.2. The van der Waals surface area contributed by atoms with Gasteiger partial charge >= 0.3 is 0 Å². The van der Waals surface area contributed by atoms with E-state index in [-0.39, 0.29) is 17.6 Å². The third-order valence-corrected chi connectivity index (χ3v) is 6.11. The predicted octanol–water partition coefficient (Wildman–Crippen LogP) is 4.13. The van der Waals surface area contributed by atoms with Crippen molar-refractivity contribution in [1.82, 2.24) is 20.8 Å². The number of nitrogens with zero attached hydrogens (tertiary/aromatic N) is 3. The summed E-state index contributed by atoms with van der Waals surface area (Å²) in [6.07, 6.45) is 7.39. The zero-order valence-corrected chi connectivity index (χ0v) is 18.3. The molecule has 1 saturated carbocycles. The third kappa shape index (κ3) is 4.60. The molecule has 0 saturated heterocycles. The lowest BCUT2D eigenvalue weighted by atomic mass is 9.86. The van der Waals surface area contributed by atoms with Crippen molar-refractivity contribution in [3.63, 3.8) is 0 Å². The lowest BCUT2D eigenvalue weighted by molar-refractivity contribution is 0.0396. The van der Waals surface area contributed by atoms with E-state index in [0.29, 0.717) is 5.89 Å². The summed E-state index contributed by atoms with van der Waals surface area (Å²) in [7, 11) is 1.82. The molecule has 0 bridgehead atoms. The molecule has 4 rings (SSSR count). The maximum atomic E-state index is 6.47. The van der Waals surface area contributed by atoms with Crippen LogP contribution in [0.15, 0.2) is 33.8 Å². The molecule has 1 atom stereocenters. The number of aliphatic imine (C=N–C) groups is 1. The Labute approximate surface area is 178 Å². The summed E-state index contributed by atoms with van der Waals surface area (Å²) in [4.78, 5) is 8.88. The molecule has 30 heavy (non-hydrogen) atoms. The molecule has 1 unspecified atom stereocenters. The Kier molecular flexibility index (Phi) is 6.25. The maximum absolute atomic E-state index is 6.47. The zero-order chi connectivity index (χ0) is 21.0. The molecule has 162 valence electrons. The Morgan fingerprint density at radius 2 is 2.07 bits per heavy atom. The van der Waals surface area contributed by atoms with Crippen molar-refractivity contribution in [1.29, 1.82) is 0 Å². The highest BCUT2D eigenvalue weighted by atomic mass is 16.5. The summed E-state index contributed by atoms with van der Waals surface area (Å²) in [5.74, 6) is 3.59. The Morgan fingerprint density at radius 3 is 2.80 bits per heavy atom. The SMILES string of the molecule is CN=C(NCCCc1nc(C(C)C)no1)NC1CC2(CCCC2)Oc2ccccc21. The van der Waals surface area contributed by atoms with Gasteiger partial charge in [0, 0.05) is 37.9 Å². The van der Waals surface area contributed by atoms with Gasteiger partial charge in [-0.1, -0.05) is 37.2 Å². The van der Waals surface area contributed by atoms with Crippen molar-refractivity contribution in [3.05, 3.63) is 41.5 Å². The minimum atomic E-state index is -0.0308. The van der Waals surface area contributed by atoms with E-state index in [0.717, 1.165) is 56.2 Å². The largest absolute Gasteiger partial charge is 0.487 e. The van der Waals surface area contributed by atoms with Crippen LogP contribution in [0.5, 0.6) is 5.75 Å². The topological polar surface area (TPSA) is 84.6 Å². The number of nitrogens with one attached hydrogen (secondary N) is 2. The second-order valence-corrected chi connectivity index (χ2v) is 8.73. The van der Waals surface area contributed by atoms with Gasteiger partial charge in [-0.15, -0.1) is 0 Å².